The summed E-state index contributed by atoms with van der Waals surface area (Å²) < 4.78 is 0. The molecule has 1 N–H and O–H groups in total. The molecule has 0 aromatic rings. The molecule has 2 heteroatoms. The Kier molecular flexibility index (Phi) is 1.24. The average molecular weight is 125 g/mol. The molecule has 3 fully saturated rings. The van der Waals surface area contributed by atoms with E-state index in [0.717, 1.165) is 12.3 Å². The van der Waals surface area contributed by atoms with E-state index < -0.39 is 0 Å². The molecule has 3 aliphatic heterocycles. The van der Waals surface area contributed by atoms with E-state index in [9.17, 15) is 0 Å². The highest BCUT2D eigenvalue weighted by atomic mass is 15.2. The fraction of sp³-hybridized carbons (Fsp3) is 1.00. The van der Waals surface area contributed by atoms with Crippen LogP contribution in [-0.4, -0.2) is 24.2 Å². The molecule has 0 saturated carbocycles. The zero-order valence-electron chi connectivity index (χ0n) is 5.64. The summed E-state index contributed by atoms with van der Waals surface area (Å²) in [6.07, 6.45) is 4.00. The third-order valence-corrected chi connectivity index (χ3v) is 2.65. The van der Waals surface area contributed by atoms with E-state index in [2.05, 4.69) is 4.90 Å². The zero-order chi connectivity index (χ0) is 6.27. The minimum atomic E-state index is 0.150. The Morgan fingerprint density at radius 1 is 1.22 bits per heavy atom. The highest BCUT2D eigenvalue weighted by Crippen LogP contribution is 2.29. The van der Waals surface area contributed by atoms with Crippen molar-refractivity contribution < 1.29 is 0 Å². The van der Waals surface area contributed by atoms with Gasteiger partial charge in [-0.25, -0.2) is 5.73 Å². The molecule has 2 bridgehead atoms. The van der Waals surface area contributed by atoms with Crippen LogP contribution in [0.4, 0.5) is 0 Å². The molecule has 2 nitrogen and oxygen atoms in total. The predicted molar refractivity (Wildman–Crippen MR) is 35.8 cm³/mol. The van der Waals surface area contributed by atoms with Gasteiger partial charge in [-0.1, -0.05) is 0 Å². The Morgan fingerprint density at radius 2 is 1.89 bits per heavy atom. The summed E-state index contributed by atoms with van der Waals surface area (Å²) in [5.41, 5.74) is 7.59. The second kappa shape index (κ2) is 1.96. The summed E-state index contributed by atoms with van der Waals surface area (Å²) in [5, 5.41) is 0. The lowest BCUT2D eigenvalue weighted by Crippen LogP contribution is -2.49. The van der Waals surface area contributed by atoms with Gasteiger partial charge in [-0.15, -0.1) is 0 Å². The summed E-state index contributed by atoms with van der Waals surface area (Å²) in [7, 11) is 0. The van der Waals surface area contributed by atoms with Crippen molar-refractivity contribution in [3.05, 3.63) is 0 Å². The Bertz CT molecular complexity index is 105. The SMILES string of the molecule is [NH][C@@H]1CC2CCN1CC2. The summed E-state index contributed by atoms with van der Waals surface area (Å²) >= 11 is 0. The first kappa shape index (κ1) is 5.69. The summed E-state index contributed by atoms with van der Waals surface area (Å²) in [6.45, 7) is 2.39. The second-order valence-electron chi connectivity index (χ2n) is 3.23. The number of nitrogens with one attached hydrogen (secondary N) is 1. The standard InChI is InChI=1S/C7H13N2/c8-7-5-6-1-3-9(7)4-2-6/h6-8H,1-5H2/t7-/m0/s1. The highest BCUT2D eigenvalue weighted by Gasteiger charge is 2.31. The minimum Gasteiger partial charge on any atom is -0.287 e. The van der Waals surface area contributed by atoms with Crippen LogP contribution < -0.4 is 5.73 Å². The largest absolute Gasteiger partial charge is 0.287 e. The van der Waals surface area contributed by atoms with Crippen molar-refractivity contribution >= 4 is 0 Å². The molecule has 3 aliphatic rings. The van der Waals surface area contributed by atoms with E-state index in [0.29, 0.717) is 0 Å². The normalized spacial score (nSPS) is 49.7. The van der Waals surface area contributed by atoms with Gasteiger partial charge in [-0.3, -0.25) is 4.90 Å². The van der Waals surface area contributed by atoms with Crippen molar-refractivity contribution in [2.45, 2.75) is 25.4 Å². The van der Waals surface area contributed by atoms with Gasteiger partial charge in [0.25, 0.3) is 0 Å². The van der Waals surface area contributed by atoms with E-state index >= 15 is 0 Å². The Balaban J connectivity index is 2.06. The quantitative estimate of drug-likeness (QED) is 0.468. The molecule has 0 aromatic carbocycles. The van der Waals surface area contributed by atoms with E-state index in [1.807, 2.05) is 0 Å². The van der Waals surface area contributed by atoms with Gasteiger partial charge < -0.3 is 0 Å². The average Bonchev–Trinajstić information content (AvgIpc) is 1.90. The van der Waals surface area contributed by atoms with Crippen molar-refractivity contribution in [2.24, 2.45) is 5.92 Å². The predicted octanol–water partition coefficient (Wildman–Crippen LogP) is 0.711. The van der Waals surface area contributed by atoms with Crippen LogP contribution in [0.5, 0.6) is 0 Å². The maximum atomic E-state index is 7.59. The molecule has 3 rings (SSSR count). The summed E-state index contributed by atoms with van der Waals surface area (Å²) in [5.74, 6) is 0.900. The molecule has 0 aromatic heterocycles. The van der Waals surface area contributed by atoms with Crippen molar-refractivity contribution in [1.29, 1.82) is 0 Å². The van der Waals surface area contributed by atoms with Gasteiger partial charge in [-0.2, -0.15) is 0 Å². The van der Waals surface area contributed by atoms with Crippen LogP contribution in [0, 0.1) is 5.92 Å². The molecule has 0 spiro atoms. The lowest BCUT2D eigenvalue weighted by molar-refractivity contribution is 0.0491. The van der Waals surface area contributed by atoms with E-state index in [4.69, 9.17) is 5.73 Å². The van der Waals surface area contributed by atoms with Crippen LogP contribution in [0.15, 0.2) is 0 Å². The first-order valence-electron chi connectivity index (χ1n) is 3.81. The Labute approximate surface area is 56.0 Å². The van der Waals surface area contributed by atoms with Crippen molar-refractivity contribution in [2.75, 3.05) is 13.1 Å². The van der Waals surface area contributed by atoms with Crippen molar-refractivity contribution in [3.8, 4) is 0 Å². The zero-order valence-corrected chi connectivity index (χ0v) is 5.64. The molecule has 0 aliphatic carbocycles. The fourth-order valence-electron chi connectivity index (χ4n) is 1.97. The van der Waals surface area contributed by atoms with Gasteiger partial charge in [0.15, 0.2) is 0 Å². The number of nitrogens with zero attached hydrogens (tertiary/aromatic N) is 1. The monoisotopic (exact) mass is 125 g/mol. The molecule has 0 unspecified atom stereocenters. The van der Waals surface area contributed by atoms with Crippen LogP contribution in [0.25, 0.3) is 0 Å². The van der Waals surface area contributed by atoms with E-state index in [1.54, 1.807) is 0 Å². The fourth-order valence-corrected chi connectivity index (χ4v) is 1.97. The topological polar surface area (TPSA) is 27.0 Å². The first-order valence-corrected chi connectivity index (χ1v) is 3.81. The summed E-state index contributed by atoms with van der Waals surface area (Å²) in [6, 6.07) is 0. The number of rotatable bonds is 0. The molecule has 51 valence electrons. The van der Waals surface area contributed by atoms with Crippen LogP contribution in [-0.2, 0) is 0 Å². The highest BCUT2D eigenvalue weighted by molar-refractivity contribution is 4.83. The number of piperidine rings is 3. The molecule has 0 amide bonds. The third-order valence-electron chi connectivity index (χ3n) is 2.65. The molecule has 1 radical (unpaired) electrons. The first-order chi connectivity index (χ1) is 4.36. The molecule has 9 heavy (non-hydrogen) atoms. The van der Waals surface area contributed by atoms with Gasteiger partial charge in [0.1, 0.15) is 0 Å². The van der Waals surface area contributed by atoms with Crippen LogP contribution in [0.3, 0.4) is 0 Å². The molecule has 3 heterocycles. The summed E-state index contributed by atoms with van der Waals surface area (Å²) in [4.78, 5) is 2.29. The molecule has 1 atom stereocenters. The van der Waals surface area contributed by atoms with Gasteiger partial charge >= 0.3 is 0 Å². The van der Waals surface area contributed by atoms with Gasteiger partial charge in [0.05, 0.1) is 6.17 Å². The smallest absolute Gasteiger partial charge is 0.0732 e. The molecular formula is C7H13N2. The maximum Gasteiger partial charge on any atom is 0.0732 e. The number of hydrogen-bond donors (Lipinski definition) is 0. The minimum absolute atomic E-state index is 0.150. The molecular weight excluding hydrogens is 112 g/mol. The Hall–Kier alpha value is -0.0800. The molecule has 3 saturated heterocycles. The van der Waals surface area contributed by atoms with Crippen LogP contribution >= 0.6 is 0 Å². The Morgan fingerprint density at radius 3 is 2.11 bits per heavy atom. The number of hydrogen-bond acceptors (Lipinski definition) is 1. The van der Waals surface area contributed by atoms with Crippen molar-refractivity contribution in [1.82, 2.24) is 10.6 Å². The lowest BCUT2D eigenvalue weighted by Gasteiger charge is -2.42. The van der Waals surface area contributed by atoms with E-state index in [1.165, 1.54) is 25.9 Å². The van der Waals surface area contributed by atoms with Gasteiger partial charge in [0, 0.05) is 0 Å². The number of fused-ring (bicyclic) bond motifs is 3. The lowest BCUT2D eigenvalue weighted by atomic mass is 9.87. The van der Waals surface area contributed by atoms with E-state index in [-0.39, 0.29) is 6.17 Å². The van der Waals surface area contributed by atoms with Crippen LogP contribution in [0.1, 0.15) is 19.3 Å². The third kappa shape index (κ3) is 0.864. The van der Waals surface area contributed by atoms with Crippen molar-refractivity contribution in [3.63, 3.8) is 0 Å². The second-order valence-corrected chi connectivity index (χ2v) is 3.23. The maximum absolute atomic E-state index is 7.59. The van der Waals surface area contributed by atoms with Crippen LogP contribution in [0.2, 0.25) is 0 Å². The van der Waals surface area contributed by atoms with Gasteiger partial charge in [0.2, 0.25) is 0 Å². The van der Waals surface area contributed by atoms with Gasteiger partial charge in [-0.05, 0) is 38.3 Å².